The van der Waals surface area contributed by atoms with Crippen LogP contribution in [0.4, 0.5) is 0 Å². The van der Waals surface area contributed by atoms with Gasteiger partial charge in [-0.25, -0.2) is 0 Å². The maximum absolute atomic E-state index is 11.5. The first-order valence-electron chi connectivity index (χ1n) is 5.78. The third-order valence-corrected chi connectivity index (χ3v) is 4.13. The summed E-state index contributed by atoms with van der Waals surface area (Å²) in [6.07, 6.45) is 5.22. The van der Waals surface area contributed by atoms with Crippen LogP contribution in [0.5, 0.6) is 0 Å². The Kier molecular flexibility index (Phi) is 2.50. The van der Waals surface area contributed by atoms with Gasteiger partial charge in [-0.15, -0.1) is 0 Å². The Morgan fingerprint density at radius 1 is 1.36 bits per heavy atom. The van der Waals surface area contributed by atoms with Gasteiger partial charge in [-0.2, -0.15) is 0 Å². The zero-order valence-electron chi connectivity index (χ0n) is 9.42. The van der Waals surface area contributed by atoms with Crippen LogP contribution >= 0.6 is 0 Å². The lowest BCUT2D eigenvalue weighted by molar-refractivity contribution is -0.117. The van der Waals surface area contributed by atoms with Crippen molar-refractivity contribution in [1.29, 1.82) is 0 Å². The molecular formula is C13H20O. The van der Waals surface area contributed by atoms with Crippen molar-refractivity contribution in [2.24, 2.45) is 23.7 Å². The summed E-state index contributed by atoms with van der Waals surface area (Å²) in [5, 5.41) is 0. The van der Waals surface area contributed by atoms with E-state index in [0.29, 0.717) is 17.6 Å². The molecule has 0 amide bonds. The number of hydrogen-bond acceptors (Lipinski definition) is 1. The molecule has 3 atom stereocenters. The molecule has 2 aliphatic rings. The van der Waals surface area contributed by atoms with E-state index in [2.05, 4.69) is 26.8 Å². The third-order valence-electron chi connectivity index (χ3n) is 4.13. The van der Waals surface area contributed by atoms with E-state index >= 15 is 0 Å². The first kappa shape index (κ1) is 9.95. The number of fused-ring (bicyclic) bond motifs is 1. The van der Waals surface area contributed by atoms with Crippen molar-refractivity contribution in [2.75, 3.05) is 0 Å². The molecule has 0 N–H and O–H groups in total. The lowest BCUT2D eigenvalue weighted by Crippen LogP contribution is -2.27. The summed E-state index contributed by atoms with van der Waals surface area (Å²) in [5.41, 5.74) is 1.47. The zero-order valence-corrected chi connectivity index (χ0v) is 9.42. The minimum absolute atomic E-state index is 0.486. The second kappa shape index (κ2) is 3.52. The van der Waals surface area contributed by atoms with Gasteiger partial charge in [-0.3, -0.25) is 4.79 Å². The van der Waals surface area contributed by atoms with Gasteiger partial charge in [0.25, 0.3) is 0 Å². The van der Waals surface area contributed by atoms with E-state index in [1.54, 1.807) is 0 Å². The molecule has 0 aromatic carbocycles. The van der Waals surface area contributed by atoms with E-state index < -0.39 is 0 Å². The van der Waals surface area contributed by atoms with Gasteiger partial charge < -0.3 is 0 Å². The maximum Gasteiger partial charge on any atom is 0.133 e. The first-order chi connectivity index (χ1) is 6.59. The average molecular weight is 192 g/mol. The minimum Gasteiger partial charge on any atom is -0.300 e. The number of allylic oxidation sites excluding steroid dienone is 2. The molecule has 2 rings (SSSR count). The number of rotatable bonds is 1. The minimum atomic E-state index is 0.486. The van der Waals surface area contributed by atoms with Gasteiger partial charge in [0.2, 0.25) is 0 Å². The molecule has 0 heterocycles. The van der Waals surface area contributed by atoms with E-state index in [1.165, 1.54) is 12.0 Å². The van der Waals surface area contributed by atoms with E-state index in [9.17, 15) is 4.79 Å². The van der Waals surface area contributed by atoms with Crippen molar-refractivity contribution < 1.29 is 4.79 Å². The maximum atomic E-state index is 11.5. The fraction of sp³-hybridized carbons (Fsp3) is 0.769. The molecule has 0 radical (unpaired) electrons. The van der Waals surface area contributed by atoms with Gasteiger partial charge in [0.1, 0.15) is 5.78 Å². The quantitative estimate of drug-likeness (QED) is 0.583. The number of Topliss-reactive ketones (excluding diaryl/α,β-unsaturated/α-hetero) is 1. The zero-order chi connectivity index (χ0) is 10.3. The molecule has 1 saturated carbocycles. The van der Waals surface area contributed by atoms with Crippen LogP contribution in [0.3, 0.4) is 0 Å². The predicted octanol–water partition coefficient (Wildman–Crippen LogP) is 3.20. The van der Waals surface area contributed by atoms with Gasteiger partial charge in [0.05, 0.1) is 0 Å². The number of hydrogen-bond donors (Lipinski definition) is 0. The fourth-order valence-corrected chi connectivity index (χ4v) is 3.25. The van der Waals surface area contributed by atoms with Crippen LogP contribution in [0.2, 0.25) is 0 Å². The topological polar surface area (TPSA) is 17.1 Å². The van der Waals surface area contributed by atoms with Crippen LogP contribution in [-0.2, 0) is 4.79 Å². The van der Waals surface area contributed by atoms with Crippen molar-refractivity contribution in [2.45, 2.75) is 40.0 Å². The summed E-state index contributed by atoms with van der Waals surface area (Å²) in [7, 11) is 0. The predicted molar refractivity (Wildman–Crippen MR) is 57.9 cm³/mol. The van der Waals surface area contributed by atoms with Gasteiger partial charge in [0.15, 0.2) is 0 Å². The number of carbonyl (C=O) groups is 1. The molecule has 0 saturated heterocycles. The lowest BCUT2D eigenvalue weighted by atomic mass is 9.70. The molecule has 1 fully saturated rings. The van der Waals surface area contributed by atoms with Gasteiger partial charge in [0, 0.05) is 12.8 Å². The highest BCUT2D eigenvalue weighted by atomic mass is 16.1. The first-order valence-corrected chi connectivity index (χ1v) is 5.78. The van der Waals surface area contributed by atoms with Gasteiger partial charge >= 0.3 is 0 Å². The highest BCUT2D eigenvalue weighted by Crippen LogP contribution is 2.46. The lowest BCUT2D eigenvalue weighted by Gasteiger charge is -2.35. The van der Waals surface area contributed by atoms with Crippen LogP contribution < -0.4 is 0 Å². The molecule has 2 aliphatic carbocycles. The van der Waals surface area contributed by atoms with E-state index in [-0.39, 0.29) is 0 Å². The molecule has 0 bridgehead atoms. The highest BCUT2D eigenvalue weighted by Gasteiger charge is 2.41. The second-order valence-electron chi connectivity index (χ2n) is 5.31. The molecule has 0 unspecified atom stereocenters. The standard InChI is InChI=1S/C13H20O/c1-8(2)11-5-4-9(3)12-6-10(14)7-13(11)12/h4,8,11-13H,5-7H2,1-3H3/t11-,12-,13+/m0/s1. The fourth-order valence-electron chi connectivity index (χ4n) is 3.25. The van der Waals surface area contributed by atoms with Crippen molar-refractivity contribution in [3.63, 3.8) is 0 Å². The average Bonchev–Trinajstić information content (AvgIpc) is 2.47. The van der Waals surface area contributed by atoms with E-state index in [4.69, 9.17) is 0 Å². The Hall–Kier alpha value is -0.590. The van der Waals surface area contributed by atoms with Crippen LogP contribution in [0.1, 0.15) is 40.0 Å². The molecule has 14 heavy (non-hydrogen) atoms. The Balaban J connectivity index is 2.23. The Bertz CT molecular complexity index is 275. The van der Waals surface area contributed by atoms with Crippen LogP contribution in [0.15, 0.2) is 11.6 Å². The third kappa shape index (κ3) is 1.53. The summed E-state index contributed by atoms with van der Waals surface area (Å²) < 4.78 is 0. The Morgan fingerprint density at radius 2 is 2.07 bits per heavy atom. The summed E-state index contributed by atoms with van der Waals surface area (Å²) in [4.78, 5) is 11.5. The second-order valence-corrected chi connectivity index (χ2v) is 5.31. The Labute approximate surface area is 86.6 Å². The Morgan fingerprint density at radius 3 is 2.71 bits per heavy atom. The summed E-state index contributed by atoms with van der Waals surface area (Å²) in [6.45, 7) is 6.78. The molecule has 0 aromatic rings. The number of ketones is 1. The molecule has 1 nitrogen and oxygen atoms in total. The van der Waals surface area contributed by atoms with Crippen molar-refractivity contribution in [3.8, 4) is 0 Å². The summed E-state index contributed by atoms with van der Waals surface area (Å²) in [5.74, 6) is 3.20. The van der Waals surface area contributed by atoms with Crippen LogP contribution in [0, 0.1) is 23.7 Å². The van der Waals surface area contributed by atoms with Crippen LogP contribution in [-0.4, -0.2) is 5.78 Å². The van der Waals surface area contributed by atoms with Gasteiger partial charge in [-0.1, -0.05) is 25.5 Å². The molecule has 1 heteroatoms. The smallest absolute Gasteiger partial charge is 0.133 e. The molecule has 0 aliphatic heterocycles. The molecule has 0 aromatic heterocycles. The summed E-state index contributed by atoms with van der Waals surface area (Å²) in [6, 6.07) is 0. The van der Waals surface area contributed by atoms with E-state index in [1.807, 2.05) is 0 Å². The highest BCUT2D eigenvalue weighted by molar-refractivity contribution is 5.82. The molecule has 0 spiro atoms. The van der Waals surface area contributed by atoms with E-state index in [0.717, 1.165) is 24.7 Å². The van der Waals surface area contributed by atoms with Crippen molar-refractivity contribution in [1.82, 2.24) is 0 Å². The monoisotopic (exact) mass is 192 g/mol. The normalized spacial score (nSPS) is 37.3. The van der Waals surface area contributed by atoms with Gasteiger partial charge in [-0.05, 0) is 37.0 Å². The molecule has 78 valence electrons. The van der Waals surface area contributed by atoms with Crippen molar-refractivity contribution in [3.05, 3.63) is 11.6 Å². The molecular weight excluding hydrogens is 172 g/mol. The van der Waals surface area contributed by atoms with Crippen molar-refractivity contribution >= 4 is 5.78 Å². The largest absolute Gasteiger partial charge is 0.300 e. The van der Waals surface area contributed by atoms with Crippen LogP contribution in [0.25, 0.3) is 0 Å². The SMILES string of the molecule is CC1=CC[C@@H](C(C)C)[C@H]2CC(=O)C[C@@H]12. The number of carbonyl (C=O) groups excluding carboxylic acids is 1. The summed E-state index contributed by atoms with van der Waals surface area (Å²) >= 11 is 0.